The number of rotatable bonds is 13. The average Bonchev–Trinajstić information content (AvgIpc) is 3.07. The molecule has 1 heterocycles. The van der Waals surface area contributed by atoms with Crippen LogP contribution in [-0.2, 0) is 14.2 Å². The number of nitrogens with zero attached hydrogens (tertiary/aromatic N) is 1. The largest absolute Gasteiger partial charge is 0.381 e. The molecule has 1 atom stereocenters. The first-order valence-corrected chi connectivity index (χ1v) is 9.16. The summed E-state index contributed by atoms with van der Waals surface area (Å²) in [5.41, 5.74) is 0. The lowest BCUT2D eigenvalue weighted by atomic mass is 10.2. The first-order chi connectivity index (χ1) is 11.4. The van der Waals surface area contributed by atoms with Gasteiger partial charge in [0.15, 0.2) is 5.96 Å². The first kappa shape index (κ1) is 20.2. The zero-order chi connectivity index (χ0) is 16.6. The predicted octanol–water partition coefficient (Wildman–Crippen LogP) is 1.94. The van der Waals surface area contributed by atoms with Gasteiger partial charge in [-0.3, -0.25) is 4.99 Å². The lowest BCUT2D eigenvalue weighted by Crippen LogP contribution is -2.39. The Morgan fingerprint density at radius 1 is 1.13 bits per heavy atom. The number of ether oxygens (including phenoxy) is 3. The van der Waals surface area contributed by atoms with Crippen LogP contribution in [0.15, 0.2) is 4.99 Å². The highest BCUT2D eigenvalue weighted by Gasteiger charge is 2.14. The molecule has 1 aliphatic heterocycles. The van der Waals surface area contributed by atoms with E-state index in [4.69, 9.17) is 14.2 Å². The quantitative estimate of drug-likeness (QED) is 0.307. The monoisotopic (exact) mass is 329 g/mol. The molecule has 1 fully saturated rings. The molecule has 0 aromatic carbocycles. The van der Waals surface area contributed by atoms with Crippen LogP contribution < -0.4 is 10.6 Å². The Balaban J connectivity index is 2.01. The summed E-state index contributed by atoms with van der Waals surface area (Å²) in [5, 5.41) is 6.53. The van der Waals surface area contributed by atoms with Crippen molar-refractivity contribution in [2.45, 2.75) is 52.1 Å². The fourth-order valence-corrected chi connectivity index (χ4v) is 2.28. The Morgan fingerprint density at radius 3 is 2.74 bits per heavy atom. The molecule has 0 bridgehead atoms. The Labute approximate surface area is 141 Å². The van der Waals surface area contributed by atoms with Gasteiger partial charge in [0.1, 0.15) is 0 Å². The molecule has 0 radical (unpaired) electrons. The molecule has 1 saturated heterocycles. The maximum atomic E-state index is 5.64. The van der Waals surface area contributed by atoms with E-state index in [1.54, 1.807) is 0 Å². The summed E-state index contributed by atoms with van der Waals surface area (Å²) in [7, 11) is 0. The molecule has 23 heavy (non-hydrogen) atoms. The van der Waals surface area contributed by atoms with Crippen molar-refractivity contribution in [3.8, 4) is 0 Å². The summed E-state index contributed by atoms with van der Waals surface area (Å²) in [6.07, 6.45) is 5.85. The molecule has 0 saturated carbocycles. The first-order valence-electron chi connectivity index (χ1n) is 9.16. The highest BCUT2D eigenvalue weighted by atomic mass is 16.5. The maximum Gasteiger partial charge on any atom is 0.191 e. The second-order valence-corrected chi connectivity index (χ2v) is 5.72. The van der Waals surface area contributed by atoms with Crippen LogP contribution in [0.1, 0.15) is 46.0 Å². The number of nitrogens with one attached hydrogen (secondary N) is 2. The van der Waals surface area contributed by atoms with Gasteiger partial charge in [0.25, 0.3) is 0 Å². The highest BCUT2D eigenvalue weighted by molar-refractivity contribution is 5.79. The molecule has 6 heteroatoms. The topological polar surface area (TPSA) is 64.1 Å². The highest BCUT2D eigenvalue weighted by Crippen LogP contribution is 2.11. The van der Waals surface area contributed by atoms with Gasteiger partial charge in [0, 0.05) is 39.5 Å². The van der Waals surface area contributed by atoms with Crippen molar-refractivity contribution in [2.24, 2.45) is 4.99 Å². The van der Waals surface area contributed by atoms with Crippen LogP contribution in [0.5, 0.6) is 0 Å². The molecule has 6 nitrogen and oxygen atoms in total. The molecule has 1 rings (SSSR count). The summed E-state index contributed by atoms with van der Waals surface area (Å²) >= 11 is 0. The van der Waals surface area contributed by atoms with Gasteiger partial charge in [-0.25, -0.2) is 0 Å². The van der Waals surface area contributed by atoms with Crippen molar-refractivity contribution in [1.82, 2.24) is 10.6 Å². The van der Waals surface area contributed by atoms with E-state index in [2.05, 4.69) is 29.5 Å². The standard InChI is InChI=1S/C17H35N3O3/c1-3-5-11-21-12-7-9-19-17(18-4-2)20-10-14-22-15-16-8-6-13-23-16/h16H,3-15H2,1-2H3,(H2,18,19,20). The van der Waals surface area contributed by atoms with Gasteiger partial charge < -0.3 is 24.8 Å². The molecule has 0 aromatic rings. The second-order valence-electron chi connectivity index (χ2n) is 5.72. The van der Waals surface area contributed by atoms with Crippen molar-refractivity contribution in [2.75, 3.05) is 52.7 Å². The van der Waals surface area contributed by atoms with Gasteiger partial charge in [-0.2, -0.15) is 0 Å². The van der Waals surface area contributed by atoms with E-state index >= 15 is 0 Å². The van der Waals surface area contributed by atoms with Crippen molar-refractivity contribution in [1.29, 1.82) is 0 Å². The van der Waals surface area contributed by atoms with Crippen molar-refractivity contribution in [3.05, 3.63) is 0 Å². The van der Waals surface area contributed by atoms with Gasteiger partial charge in [-0.05, 0) is 32.6 Å². The molecule has 0 amide bonds. The van der Waals surface area contributed by atoms with Crippen LogP contribution in [0.2, 0.25) is 0 Å². The lowest BCUT2D eigenvalue weighted by molar-refractivity contribution is 0.0191. The fraction of sp³-hybridized carbons (Fsp3) is 0.941. The number of hydrogen-bond acceptors (Lipinski definition) is 4. The molecule has 0 spiro atoms. The molecular weight excluding hydrogens is 294 g/mol. The Morgan fingerprint density at radius 2 is 2.00 bits per heavy atom. The van der Waals surface area contributed by atoms with Crippen LogP contribution in [0.25, 0.3) is 0 Å². The summed E-state index contributed by atoms with van der Waals surface area (Å²) in [4.78, 5) is 4.54. The van der Waals surface area contributed by atoms with Gasteiger partial charge in [0.05, 0.1) is 19.3 Å². The third kappa shape index (κ3) is 11.3. The smallest absolute Gasteiger partial charge is 0.191 e. The molecule has 1 aliphatic rings. The number of aliphatic imine (C=N–C) groups is 1. The van der Waals surface area contributed by atoms with Gasteiger partial charge in [-0.1, -0.05) is 13.3 Å². The van der Waals surface area contributed by atoms with Gasteiger partial charge in [0.2, 0.25) is 0 Å². The third-order valence-electron chi connectivity index (χ3n) is 3.57. The molecule has 2 N–H and O–H groups in total. The minimum Gasteiger partial charge on any atom is -0.381 e. The van der Waals surface area contributed by atoms with E-state index in [9.17, 15) is 0 Å². The van der Waals surface area contributed by atoms with Crippen molar-refractivity contribution in [3.63, 3.8) is 0 Å². The molecule has 136 valence electrons. The van der Waals surface area contributed by atoms with Crippen LogP contribution in [0.4, 0.5) is 0 Å². The van der Waals surface area contributed by atoms with E-state index in [-0.39, 0.29) is 0 Å². The fourth-order valence-electron chi connectivity index (χ4n) is 2.28. The SMILES string of the molecule is CCCCOCCCN=C(NCC)NCCOCC1CCCO1. The molecule has 0 aromatic heterocycles. The summed E-state index contributed by atoms with van der Waals surface area (Å²) < 4.78 is 16.7. The van der Waals surface area contributed by atoms with E-state index < -0.39 is 0 Å². The summed E-state index contributed by atoms with van der Waals surface area (Å²) in [5.74, 6) is 0.849. The molecule has 1 unspecified atom stereocenters. The number of guanidine groups is 1. The Kier molecular flexibility index (Phi) is 12.9. The Hall–Kier alpha value is -0.850. The van der Waals surface area contributed by atoms with Crippen LogP contribution in [0, 0.1) is 0 Å². The van der Waals surface area contributed by atoms with Gasteiger partial charge in [-0.15, -0.1) is 0 Å². The number of hydrogen-bond donors (Lipinski definition) is 2. The van der Waals surface area contributed by atoms with Gasteiger partial charge >= 0.3 is 0 Å². The predicted molar refractivity (Wildman–Crippen MR) is 94.1 cm³/mol. The third-order valence-corrected chi connectivity index (χ3v) is 3.57. The minimum absolute atomic E-state index is 0.296. The van der Waals surface area contributed by atoms with Crippen molar-refractivity contribution < 1.29 is 14.2 Å². The van der Waals surface area contributed by atoms with E-state index in [1.165, 1.54) is 6.42 Å². The van der Waals surface area contributed by atoms with Crippen LogP contribution >= 0.6 is 0 Å². The second kappa shape index (κ2) is 14.7. The number of unbranched alkanes of at least 4 members (excludes halogenated alkanes) is 1. The molecular formula is C17H35N3O3. The van der Waals surface area contributed by atoms with E-state index in [0.29, 0.717) is 19.3 Å². The van der Waals surface area contributed by atoms with Crippen LogP contribution in [-0.4, -0.2) is 64.7 Å². The van der Waals surface area contributed by atoms with Crippen LogP contribution in [0.3, 0.4) is 0 Å². The zero-order valence-corrected chi connectivity index (χ0v) is 14.9. The maximum absolute atomic E-state index is 5.64. The van der Waals surface area contributed by atoms with E-state index in [0.717, 1.165) is 71.1 Å². The lowest BCUT2D eigenvalue weighted by Gasteiger charge is -2.13. The summed E-state index contributed by atoms with van der Waals surface area (Å²) in [6, 6.07) is 0. The minimum atomic E-state index is 0.296. The molecule has 0 aliphatic carbocycles. The van der Waals surface area contributed by atoms with Crippen molar-refractivity contribution >= 4 is 5.96 Å². The van der Waals surface area contributed by atoms with E-state index in [1.807, 2.05) is 0 Å². The average molecular weight is 329 g/mol. The summed E-state index contributed by atoms with van der Waals surface area (Å²) in [6.45, 7) is 10.5. The normalized spacial score (nSPS) is 18.3. The zero-order valence-electron chi connectivity index (χ0n) is 14.9. The Bertz CT molecular complexity index is 295.